The van der Waals surface area contributed by atoms with E-state index < -0.39 is 28.5 Å². The molecule has 0 aromatic heterocycles. The van der Waals surface area contributed by atoms with Crippen LogP contribution in [0.1, 0.15) is 36.1 Å². The van der Waals surface area contributed by atoms with Crippen molar-refractivity contribution in [1.82, 2.24) is 10.2 Å². The van der Waals surface area contributed by atoms with Gasteiger partial charge in [-0.05, 0) is 56.5 Å². The van der Waals surface area contributed by atoms with Gasteiger partial charge in [0.25, 0.3) is 0 Å². The van der Waals surface area contributed by atoms with E-state index in [4.69, 9.17) is 0 Å². The van der Waals surface area contributed by atoms with Gasteiger partial charge in [0.15, 0.2) is 0 Å². The van der Waals surface area contributed by atoms with E-state index in [-0.39, 0.29) is 18.5 Å². The van der Waals surface area contributed by atoms with Gasteiger partial charge in [-0.25, -0.2) is 8.42 Å². The van der Waals surface area contributed by atoms with Gasteiger partial charge in [0.1, 0.15) is 12.6 Å². The number of carbonyl (C=O) groups excluding carboxylic acids is 2. The summed E-state index contributed by atoms with van der Waals surface area (Å²) in [5, 5.41) is 2.95. The third-order valence-electron chi connectivity index (χ3n) is 6.14. The summed E-state index contributed by atoms with van der Waals surface area (Å²) in [5.74, 6) is -0.747. The first kappa shape index (κ1) is 28.9. The maximum absolute atomic E-state index is 14.0. The quantitative estimate of drug-likeness (QED) is 0.398. The molecule has 0 unspecified atom stereocenters. The Labute approximate surface area is 226 Å². The van der Waals surface area contributed by atoms with Crippen LogP contribution >= 0.6 is 0 Å². The molecule has 0 fully saturated rings. The van der Waals surface area contributed by atoms with E-state index in [9.17, 15) is 18.0 Å². The molecule has 0 saturated carbocycles. The molecule has 8 heteroatoms. The summed E-state index contributed by atoms with van der Waals surface area (Å²) in [7, 11) is -3.78. The normalized spacial score (nSPS) is 12.2. The number of hydrogen-bond donors (Lipinski definition) is 1. The zero-order valence-corrected chi connectivity index (χ0v) is 23.5. The summed E-state index contributed by atoms with van der Waals surface area (Å²) in [6.45, 7) is 7.32. The van der Waals surface area contributed by atoms with Crippen molar-refractivity contribution in [3.63, 3.8) is 0 Å². The van der Waals surface area contributed by atoms with Crippen molar-refractivity contribution in [3.05, 3.63) is 101 Å². The van der Waals surface area contributed by atoms with Crippen LogP contribution in [0.2, 0.25) is 0 Å². The highest BCUT2D eigenvalue weighted by Gasteiger charge is 2.33. The number of carbonyl (C=O) groups is 2. The molecule has 202 valence electrons. The summed E-state index contributed by atoms with van der Waals surface area (Å²) in [6, 6.07) is 23.3. The second kappa shape index (κ2) is 12.7. The maximum atomic E-state index is 14.0. The molecule has 2 amide bonds. The van der Waals surface area contributed by atoms with E-state index in [2.05, 4.69) is 5.32 Å². The van der Waals surface area contributed by atoms with Crippen molar-refractivity contribution in [1.29, 1.82) is 0 Å². The van der Waals surface area contributed by atoms with E-state index in [1.165, 1.54) is 4.90 Å². The molecular weight excluding hydrogens is 498 g/mol. The summed E-state index contributed by atoms with van der Waals surface area (Å²) in [4.78, 5) is 29.0. The minimum Gasteiger partial charge on any atom is -0.352 e. The van der Waals surface area contributed by atoms with Crippen molar-refractivity contribution in [2.75, 3.05) is 17.1 Å². The van der Waals surface area contributed by atoms with Crippen LogP contribution < -0.4 is 9.62 Å². The third-order valence-corrected chi connectivity index (χ3v) is 7.28. The van der Waals surface area contributed by atoms with Crippen LogP contribution in [0.4, 0.5) is 5.69 Å². The van der Waals surface area contributed by atoms with E-state index in [1.54, 1.807) is 18.2 Å². The fourth-order valence-electron chi connectivity index (χ4n) is 4.22. The first-order valence-corrected chi connectivity index (χ1v) is 14.5. The van der Waals surface area contributed by atoms with E-state index in [0.29, 0.717) is 12.1 Å². The molecule has 0 bridgehead atoms. The lowest BCUT2D eigenvalue weighted by molar-refractivity contribution is -0.140. The summed E-state index contributed by atoms with van der Waals surface area (Å²) < 4.78 is 26.7. The highest BCUT2D eigenvalue weighted by molar-refractivity contribution is 7.92. The standard InChI is InChI=1S/C30H37N3O4S/c1-22(2)31-30(35)28(19-25-11-7-6-8-12-25)32(20-26-16-14-23(3)15-17-26)29(34)21-33(38(5,36)37)27-13-9-10-24(4)18-27/h6-18,22,28H,19-21H2,1-5H3,(H,31,35)/t28-/m0/s1. The van der Waals surface area contributed by atoms with Crippen molar-refractivity contribution in [2.24, 2.45) is 0 Å². The summed E-state index contributed by atoms with van der Waals surface area (Å²) in [6.07, 6.45) is 1.38. The minimum absolute atomic E-state index is 0.128. The largest absolute Gasteiger partial charge is 0.352 e. The van der Waals surface area contributed by atoms with Crippen LogP contribution in [0.25, 0.3) is 0 Å². The Morgan fingerprint density at radius 3 is 2.08 bits per heavy atom. The fourth-order valence-corrected chi connectivity index (χ4v) is 5.06. The van der Waals surface area contributed by atoms with E-state index in [1.807, 2.05) is 88.4 Å². The monoisotopic (exact) mass is 535 g/mol. The summed E-state index contributed by atoms with van der Waals surface area (Å²) in [5.41, 5.74) is 4.10. The number of nitrogens with zero attached hydrogens (tertiary/aromatic N) is 2. The average molecular weight is 536 g/mol. The Balaban J connectivity index is 2.05. The average Bonchev–Trinajstić information content (AvgIpc) is 2.85. The van der Waals surface area contributed by atoms with Crippen molar-refractivity contribution in [3.8, 4) is 0 Å². The molecule has 0 aliphatic carbocycles. The van der Waals surface area contributed by atoms with Crippen LogP contribution in [0.3, 0.4) is 0 Å². The molecule has 7 nitrogen and oxygen atoms in total. The Morgan fingerprint density at radius 1 is 0.842 bits per heavy atom. The number of aryl methyl sites for hydroxylation is 2. The number of amides is 2. The Hall–Kier alpha value is -3.65. The molecule has 3 aromatic rings. The predicted octanol–water partition coefficient (Wildman–Crippen LogP) is 4.23. The van der Waals surface area contributed by atoms with Crippen molar-refractivity contribution in [2.45, 2.75) is 52.7 Å². The first-order valence-electron chi connectivity index (χ1n) is 12.7. The van der Waals surface area contributed by atoms with Gasteiger partial charge in [-0.15, -0.1) is 0 Å². The molecule has 0 heterocycles. The van der Waals surface area contributed by atoms with E-state index >= 15 is 0 Å². The van der Waals surface area contributed by atoms with Gasteiger partial charge in [-0.1, -0.05) is 72.3 Å². The maximum Gasteiger partial charge on any atom is 0.244 e. The highest BCUT2D eigenvalue weighted by atomic mass is 32.2. The van der Waals surface area contributed by atoms with Crippen molar-refractivity contribution >= 4 is 27.5 Å². The highest BCUT2D eigenvalue weighted by Crippen LogP contribution is 2.21. The van der Waals surface area contributed by atoms with Crippen LogP contribution in [0, 0.1) is 13.8 Å². The fraction of sp³-hybridized carbons (Fsp3) is 0.333. The molecule has 1 atom stereocenters. The number of rotatable bonds is 11. The molecule has 0 radical (unpaired) electrons. The van der Waals surface area contributed by atoms with Crippen LogP contribution in [-0.4, -0.2) is 50.0 Å². The smallest absolute Gasteiger partial charge is 0.244 e. The Morgan fingerprint density at radius 2 is 1.50 bits per heavy atom. The minimum atomic E-state index is -3.78. The zero-order valence-electron chi connectivity index (χ0n) is 22.7. The molecule has 1 N–H and O–H groups in total. The molecule has 3 rings (SSSR count). The molecule has 38 heavy (non-hydrogen) atoms. The topological polar surface area (TPSA) is 86.8 Å². The van der Waals surface area contributed by atoms with Gasteiger partial charge >= 0.3 is 0 Å². The number of anilines is 1. The molecule has 3 aromatic carbocycles. The molecule has 0 saturated heterocycles. The van der Waals surface area contributed by atoms with Gasteiger partial charge < -0.3 is 10.2 Å². The SMILES string of the molecule is Cc1ccc(CN(C(=O)CN(c2cccc(C)c2)S(C)(=O)=O)[C@@H](Cc2ccccc2)C(=O)NC(C)C)cc1. The van der Waals surface area contributed by atoms with Gasteiger partial charge in [-0.2, -0.15) is 0 Å². The van der Waals surface area contributed by atoms with Crippen LogP contribution in [0.5, 0.6) is 0 Å². The molecule has 0 aliphatic heterocycles. The second-order valence-electron chi connectivity index (χ2n) is 9.98. The number of hydrogen-bond acceptors (Lipinski definition) is 4. The van der Waals surface area contributed by atoms with Gasteiger partial charge in [0.05, 0.1) is 11.9 Å². The zero-order chi connectivity index (χ0) is 27.9. The van der Waals surface area contributed by atoms with Gasteiger partial charge in [0.2, 0.25) is 21.8 Å². The van der Waals surface area contributed by atoms with E-state index in [0.717, 1.165) is 32.8 Å². The Kier molecular flexibility index (Phi) is 9.69. The second-order valence-corrected chi connectivity index (χ2v) is 11.9. The first-order chi connectivity index (χ1) is 17.9. The molecule has 0 aliphatic rings. The third kappa shape index (κ3) is 8.18. The lowest BCUT2D eigenvalue weighted by Crippen LogP contribution is -2.54. The number of sulfonamides is 1. The molecule has 0 spiro atoms. The van der Waals surface area contributed by atoms with Crippen LogP contribution in [-0.2, 0) is 32.6 Å². The lowest BCUT2D eigenvalue weighted by atomic mass is 10.0. The van der Waals surface area contributed by atoms with Crippen molar-refractivity contribution < 1.29 is 18.0 Å². The summed E-state index contributed by atoms with van der Waals surface area (Å²) >= 11 is 0. The number of benzene rings is 3. The predicted molar refractivity (Wildman–Crippen MR) is 152 cm³/mol. The molecular formula is C30H37N3O4S. The number of nitrogens with one attached hydrogen (secondary N) is 1. The Bertz CT molecular complexity index is 1340. The lowest BCUT2D eigenvalue weighted by Gasteiger charge is -2.34. The van der Waals surface area contributed by atoms with Gasteiger partial charge in [-0.3, -0.25) is 13.9 Å². The van der Waals surface area contributed by atoms with Crippen LogP contribution in [0.15, 0.2) is 78.9 Å². The van der Waals surface area contributed by atoms with Gasteiger partial charge in [0, 0.05) is 19.0 Å².